The summed E-state index contributed by atoms with van der Waals surface area (Å²) in [6, 6.07) is 9.04. The molecule has 1 aromatic rings. The van der Waals surface area contributed by atoms with Gasteiger partial charge in [0, 0.05) is 39.0 Å². The number of anilines is 1. The summed E-state index contributed by atoms with van der Waals surface area (Å²) in [5.74, 6) is 0.818. The van der Waals surface area contributed by atoms with Gasteiger partial charge in [-0.25, -0.2) is 0 Å². The second kappa shape index (κ2) is 11.0. The Labute approximate surface area is 152 Å². The van der Waals surface area contributed by atoms with Crippen molar-refractivity contribution in [3.63, 3.8) is 0 Å². The highest BCUT2D eigenvalue weighted by Crippen LogP contribution is 2.23. The molecule has 0 spiro atoms. The standard InChI is InChI=1S/C20H34N4O/c1-4-5-14-25-15-11-22-20(21-3)23-17(2)18-9-8-10-19(16-18)24-12-6-7-13-24/h8-10,16-17H,4-7,11-15H2,1-3H3,(H2,21,22,23). The van der Waals surface area contributed by atoms with Crippen LogP contribution in [0.4, 0.5) is 5.69 Å². The Bertz CT molecular complexity index is 526. The van der Waals surface area contributed by atoms with Crippen LogP contribution in [0.25, 0.3) is 0 Å². The second-order valence-electron chi connectivity index (χ2n) is 6.62. The molecule has 0 radical (unpaired) electrons. The largest absolute Gasteiger partial charge is 0.380 e. The number of unbranched alkanes of at least 4 members (excludes halogenated alkanes) is 1. The zero-order valence-electron chi connectivity index (χ0n) is 16.1. The Balaban J connectivity index is 1.80. The smallest absolute Gasteiger partial charge is 0.191 e. The summed E-state index contributed by atoms with van der Waals surface area (Å²) in [7, 11) is 1.81. The third-order valence-corrected chi connectivity index (χ3v) is 4.60. The molecule has 25 heavy (non-hydrogen) atoms. The van der Waals surface area contributed by atoms with Crippen LogP contribution >= 0.6 is 0 Å². The van der Waals surface area contributed by atoms with E-state index in [9.17, 15) is 0 Å². The van der Waals surface area contributed by atoms with E-state index in [0.29, 0.717) is 6.61 Å². The first kappa shape index (κ1) is 19.6. The number of rotatable bonds is 9. The maximum atomic E-state index is 5.58. The van der Waals surface area contributed by atoms with Crippen molar-refractivity contribution in [2.45, 2.75) is 45.6 Å². The average Bonchev–Trinajstić information content (AvgIpc) is 3.18. The van der Waals surface area contributed by atoms with Crippen LogP contribution in [0.15, 0.2) is 29.3 Å². The maximum absolute atomic E-state index is 5.58. The summed E-state index contributed by atoms with van der Waals surface area (Å²) in [4.78, 5) is 6.79. The Hall–Kier alpha value is -1.75. The van der Waals surface area contributed by atoms with E-state index < -0.39 is 0 Å². The maximum Gasteiger partial charge on any atom is 0.191 e. The number of nitrogens with zero attached hydrogens (tertiary/aromatic N) is 2. The van der Waals surface area contributed by atoms with Gasteiger partial charge in [-0.2, -0.15) is 0 Å². The van der Waals surface area contributed by atoms with E-state index in [1.807, 2.05) is 0 Å². The Morgan fingerprint density at radius 1 is 1.28 bits per heavy atom. The molecule has 0 aromatic heterocycles. The minimum Gasteiger partial charge on any atom is -0.380 e. The van der Waals surface area contributed by atoms with E-state index in [4.69, 9.17) is 4.74 Å². The van der Waals surface area contributed by atoms with Gasteiger partial charge in [-0.1, -0.05) is 25.5 Å². The predicted octanol–water partition coefficient (Wildman–Crippen LogP) is 3.33. The number of hydrogen-bond acceptors (Lipinski definition) is 3. The lowest BCUT2D eigenvalue weighted by Gasteiger charge is -2.22. The highest BCUT2D eigenvalue weighted by atomic mass is 16.5. The minimum absolute atomic E-state index is 0.203. The Kier molecular flexibility index (Phi) is 8.60. The van der Waals surface area contributed by atoms with Crippen LogP contribution in [0.1, 0.15) is 51.1 Å². The van der Waals surface area contributed by atoms with Crippen molar-refractivity contribution in [3.05, 3.63) is 29.8 Å². The van der Waals surface area contributed by atoms with Crippen LogP contribution in [0.5, 0.6) is 0 Å². The molecular formula is C20H34N4O. The molecule has 1 heterocycles. The first-order chi connectivity index (χ1) is 12.2. The molecule has 2 rings (SSSR count). The first-order valence-electron chi connectivity index (χ1n) is 9.64. The summed E-state index contributed by atoms with van der Waals surface area (Å²) in [5, 5.41) is 6.79. The van der Waals surface area contributed by atoms with Gasteiger partial charge >= 0.3 is 0 Å². The molecule has 0 aliphatic carbocycles. The fourth-order valence-electron chi connectivity index (χ4n) is 3.04. The van der Waals surface area contributed by atoms with Gasteiger partial charge < -0.3 is 20.3 Å². The number of nitrogens with one attached hydrogen (secondary N) is 2. The molecule has 140 valence electrons. The summed E-state index contributed by atoms with van der Waals surface area (Å²) < 4.78 is 5.58. The highest BCUT2D eigenvalue weighted by molar-refractivity contribution is 5.80. The van der Waals surface area contributed by atoms with Gasteiger partial charge in [0.2, 0.25) is 0 Å². The lowest BCUT2D eigenvalue weighted by molar-refractivity contribution is 0.136. The SMILES string of the molecule is CCCCOCCNC(=NC)NC(C)c1cccc(N2CCCC2)c1. The molecule has 5 heteroatoms. The highest BCUT2D eigenvalue weighted by Gasteiger charge is 2.14. The number of benzene rings is 1. The summed E-state index contributed by atoms with van der Waals surface area (Å²) in [6.07, 6.45) is 4.89. The van der Waals surface area contributed by atoms with E-state index in [2.05, 4.69) is 58.6 Å². The molecule has 0 amide bonds. The van der Waals surface area contributed by atoms with Crippen LogP contribution in [-0.2, 0) is 4.74 Å². The van der Waals surface area contributed by atoms with E-state index >= 15 is 0 Å². The monoisotopic (exact) mass is 346 g/mol. The molecule has 1 atom stereocenters. The van der Waals surface area contributed by atoms with Crippen molar-refractivity contribution < 1.29 is 4.74 Å². The van der Waals surface area contributed by atoms with E-state index in [1.54, 1.807) is 7.05 Å². The second-order valence-corrected chi connectivity index (χ2v) is 6.62. The third-order valence-electron chi connectivity index (χ3n) is 4.60. The molecule has 1 aliphatic heterocycles. The van der Waals surface area contributed by atoms with Gasteiger partial charge in [0.25, 0.3) is 0 Å². The minimum atomic E-state index is 0.203. The van der Waals surface area contributed by atoms with E-state index in [0.717, 1.165) is 25.5 Å². The van der Waals surface area contributed by atoms with Crippen molar-refractivity contribution in [1.29, 1.82) is 0 Å². The van der Waals surface area contributed by atoms with Gasteiger partial charge in [-0.3, -0.25) is 4.99 Å². The molecule has 1 fully saturated rings. The van der Waals surface area contributed by atoms with Crippen molar-refractivity contribution in [3.8, 4) is 0 Å². The number of ether oxygens (including phenoxy) is 1. The average molecular weight is 347 g/mol. The molecule has 1 saturated heterocycles. The molecule has 2 N–H and O–H groups in total. The molecule has 0 saturated carbocycles. The van der Waals surface area contributed by atoms with Crippen molar-refractivity contribution in [2.75, 3.05) is 44.8 Å². The van der Waals surface area contributed by atoms with Gasteiger partial charge in [0.05, 0.1) is 12.6 Å². The Morgan fingerprint density at radius 3 is 2.80 bits per heavy atom. The summed E-state index contributed by atoms with van der Waals surface area (Å²) >= 11 is 0. The number of aliphatic imine (C=N–C) groups is 1. The van der Waals surface area contributed by atoms with Crippen LogP contribution in [-0.4, -0.2) is 45.9 Å². The fraction of sp³-hybridized carbons (Fsp3) is 0.650. The van der Waals surface area contributed by atoms with Crippen LogP contribution in [0.3, 0.4) is 0 Å². The van der Waals surface area contributed by atoms with Gasteiger partial charge in [-0.05, 0) is 43.9 Å². The zero-order chi connectivity index (χ0) is 17.9. The van der Waals surface area contributed by atoms with Crippen LogP contribution < -0.4 is 15.5 Å². The molecule has 5 nitrogen and oxygen atoms in total. The molecule has 1 unspecified atom stereocenters. The fourth-order valence-corrected chi connectivity index (χ4v) is 3.04. The van der Waals surface area contributed by atoms with E-state index in [-0.39, 0.29) is 6.04 Å². The van der Waals surface area contributed by atoms with Gasteiger partial charge in [-0.15, -0.1) is 0 Å². The predicted molar refractivity (Wildman–Crippen MR) is 107 cm³/mol. The van der Waals surface area contributed by atoms with Crippen LogP contribution in [0.2, 0.25) is 0 Å². The lowest BCUT2D eigenvalue weighted by atomic mass is 10.1. The quantitative estimate of drug-likeness (QED) is 0.409. The van der Waals surface area contributed by atoms with Crippen molar-refractivity contribution in [1.82, 2.24) is 10.6 Å². The molecule has 1 aliphatic rings. The molecule has 0 bridgehead atoms. The molecule has 1 aromatic carbocycles. The van der Waals surface area contributed by atoms with Gasteiger partial charge in [0.1, 0.15) is 0 Å². The number of guanidine groups is 1. The van der Waals surface area contributed by atoms with Crippen molar-refractivity contribution >= 4 is 11.6 Å². The van der Waals surface area contributed by atoms with Crippen molar-refractivity contribution in [2.24, 2.45) is 4.99 Å². The summed E-state index contributed by atoms with van der Waals surface area (Å²) in [5.41, 5.74) is 2.61. The normalized spacial score (nSPS) is 16.1. The molecular weight excluding hydrogens is 312 g/mol. The third kappa shape index (κ3) is 6.58. The number of hydrogen-bond donors (Lipinski definition) is 2. The zero-order valence-corrected chi connectivity index (χ0v) is 16.1. The summed E-state index contributed by atoms with van der Waals surface area (Å²) in [6.45, 7) is 9.01. The first-order valence-corrected chi connectivity index (χ1v) is 9.64. The van der Waals surface area contributed by atoms with E-state index in [1.165, 1.54) is 43.6 Å². The van der Waals surface area contributed by atoms with Gasteiger partial charge in [0.15, 0.2) is 5.96 Å². The lowest BCUT2D eigenvalue weighted by Crippen LogP contribution is -2.40. The topological polar surface area (TPSA) is 48.9 Å². The Morgan fingerprint density at radius 2 is 2.08 bits per heavy atom. The van der Waals surface area contributed by atoms with Crippen LogP contribution in [0, 0.1) is 0 Å².